The first kappa shape index (κ1) is 44.9. The van der Waals surface area contributed by atoms with E-state index in [4.69, 9.17) is 4.74 Å². The summed E-state index contributed by atoms with van der Waals surface area (Å²) in [5.41, 5.74) is 20.6. The van der Waals surface area contributed by atoms with Crippen molar-refractivity contribution in [2.75, 3.05) is 4.90 Å². The number of rotatable bonds is 12. The number of anilines is 3. The van der Waals surface area contributed by atoms with Gasteiger partial charge in [0.25, 0.3) is 0 Å². The molecule has 0 amide bonds. The Morgan fingerprint density at radius 1 is 0.338 bits per heavy atom. The van der Waals surface area contributed by atoms with Gasteiger partial charge in [0, 0.05) is 17.1 Å². The molecule has 2 heteroatoms. The normalized spacial score (nSPS) is 15.1. The van der Waals surface area contributed by atoms with Gasteiger partial charge >= 0.3 is 0 Å². The molecule has 13 rings (SSSR count). The Morgan fingerprint density at radius 3 is 1.16 bits per heavy atom. The Labute approximate surface area is 435 Å². The van der Waals surface area contributed by atoms with Crippen LogP contribution in [0.5, 0.6) is 11.5 Å². The summed E-state index contributed by atoms with van der Waals surface area (Å²) in [5, 5.41) is 0. The molecule has 0 aromatic heterocycles. The average Bonchev–Trinajstić information content (AvgIpc) is 3.96. The van der Waals surface area contributed by atoms with Crippen LogP contribution in [0.15, 0.2) is 279 Å². The van der Waals surface area contributed by atoms with Gasteiger partial charge < -0.3 is 9.64 Å². The number of nitrogens with zero attached hydrogens (tertiary/aromatic N) is 1. The molecule has 0 radical (unpaired) electrons. The first-order chi connectivity index (χ1) is 36.5. The van der Waals surface area contributed by atoms with Gasteiger partial charge in [0.1, 0.15) is 11.5 Å². The molecule has 74 heavy (non-hydrogen) atoms. The summed E-state index contributed by atoms with van der Waals surface area (Å²) >= 11 is 0. The summed E-state index contributed by atoms with van der Waals surface area (Å²) in [6.07, 6.45) is 1.10. The molecule has 0 saturated carbocycles. The third kappa shape index (κ3) is 7.24. The molecule has 2 aliphatic carbocycles. The van der Waals surface area contributed by atoms with Crippen molar-refractivity contribution in [3.05, 3.63) is 329 Å². The maximum atomic E-state index is 6.54. The second-order valence-electron chi connectivity index (χ2n) is 19.9. The van der Waals surface area contributed by atoms with Crippen molar-refractivity contribution >= 4 is 17.1 Å². The minimum atomic E-state index is -0.641. The molecule has 0 N–H and O–H groups in total. The standard InChI is InChI=1S/C72H55NO/c1-3-50(2)51-34-42-61(43-35-51)74-62-44-36-57(37-45-62)72(56-26-14-7-15-27-56)68-31-19-17-29-64(68)66-47-41-60(49-70(66)72)73(58-38-32-53(33-39-58)52-20-8-4-9-21-52)59-40-46-65-63-28-16-18-30-67(63)71(69(65)48-59,54-22-10-5-11-23-54)55-24-12-6-13-25-55/h4-50H,3H2,1-2H3. The maximum Gasteiger partial charge on any atom is 0.127 e. The SMILES string of the molecule is CCC(C)c1ccc(Oc2ccc(C3(c4ccccc4)c4ccccc4-c4ccc(N(c5ccc(-c6ccccc6)cc5)c5ccc6c(c5)C(c5ccccc5)(c5ccccc5)c5ccccc5-6)cc43)cc2)cc1. The van der Waals surface area contributed by atoms with Gasteiger partial charge in [-0.05, 0) is 156 Å². The van der Waals surface area contributed by atoms with Gasteiger partial charge in [0.15, 0.2) is 0 Å². The van der Waals surface area contributed by atoms with E-state index in [1.165, 1.54) is 83.5 Å². The fourth-order valence-electron chi connectivity index (χ4n) is 12.3. The zero-order valence-electron chi connectivity index (χ0n) is 41.7. The first-order valence-electron chi connectivity index (χ1n) is 26.0. The van der Waals surface area contributed by atoms with Gasteiger partial charge in [0.2, 0.25) is 0 Å². The number of fused-ring (bicyclic) bond motifs is 6. The molecule has 2 atom stereocenters. The zero-order chi connectivity index (χ0) is 49.6. The minimum absolute atomic E-state index is 0.507. The number of ether oxygens (including phenoxy) is 1. The fraction of sp³-hybridized carbons (Fsp3) is 0.0833. The Kier molecular flexibility index (Phi) is 11.3. The van der Waals surface area contributed by atoms with E-state index in [2.05, 4.69) is 298 Å². The molecule has 0 aliphatic heterocycles. The molecule has 0 spiro atoms. The van der Waals surface area contributed by atoms with Crippen LogP contribution < -0.4 is 9.64 Å². The van der Waals surface area contributed by atoms with Gasteiger partial charge in [-0.2, -0.15) is 0 Å². The van der Waals surface area contributed by atoms with Gasteiger partial charge in [-0.15, -0.1) is 0 Å². The second-order valence-corrected chi connectivity index (χ2v) is 19.9. The zero-order valence-corrected chi connectivity index (χ0v) is 41.7. The molecule has 0 saturated heterocycles. The van der Waals surface area contributed by atoms with Crippen LogP contribution in [0.25, 0.3) is 33.4 Å². The third-order valence-electron chi connectivity index (χ3n) is 16.0. The Morgan fingerprint density at radius 2 is 0.703 bits per heavy atom. The lowest BCUT2D eigenvalue weighted by Crippen LogP contribution is -2.29. The molecule has 354 valence electrons. The highest BCUT2D eigenvalue weighted by Crippen LogP contribution is 2.60. The molecule has 11 aromatic rings. The van der Waals surface area contributed by atoms with Crippen LogP contribution >= 0.6 is 0 Å². The van der Waals surface area contributed by atoms with E-state index in [-0.39, 0.29) is 0 Å². The number of hydrogen-bond acceptors (Lipinski definition) is 2. The van der Waals surface area contributed by atoms with Crippen molar-refractivity contribution < 1.29 is 4.74 Å². The van der Waals surface area contributed by atoms with Crippen molar-refractivity contribution in [2.45, 2.75) is 37.0 Å². The number of benzene rings is 11. The first-order valence-corrected chi connectivity index (χ1v) is 26.0. The Hall–Kier alpha value is -8.98. The van der Waals surface area contributed by atoms with Gasteiger partial charge in [0.05, 0.1) is 10.8 Å². The largest absolute Gasteiger partial charge is 0.457 e. The second kappa shape index (κ2) is 18.6. The quantitative estimate of drug-likeness (QED) is 0.121. The molecule has 0 fully saturated rings. The van der Waals surface area contributed by atoms with Crippen molar-refractivity contribution in [1.82, 2.24) is 0 Å². The van der Waals surface area contributed by atoms with Crippen LogP contribution in [0.2, 0.25) is 0 Å². The highest BCUT2D eigenvalue weighted by molar-refractivity contribution is 5.92. The van der Waals surface area contributed by atoms with Crippen molar-refractivity contribution in [2.24, 2.45) is 0 Å². The maximum absolute atomic E-state index is 6.54. The summed E-state index contributed by atoms with van der Waals surface area (Å²) < 4.78 is 6.54. The Balaban J connectivity index is 1.01. The van der Waals surface area contributed by atoms with E-state index in [9.17, 15) is 0 Å². The molecular weight excluding hydrogens is 895 g/mol. The lowest BCUT2D eigenvalue weighted by atomic mass is 9.67. The van der Waals surface area contributed by atoms with E-state index < -0.39 is 10.8 Å². The summed E-state index contributed by atoms with van der Waals surface area (Å²) in [6, 6.07) is 103. The summed E-state index contributed by atoms with van der Waals surface area (Å²) in [4.78, 5) is 2.47. The smallest absolute Gasteiger partial charge is 0.127 e. The lowest BCUT2D eigenvalue weighted by Gasteiger charge is -2.36. The highest BCUT2D eigenvalue weighted by Gasteiger charge is 2.48. The predicted octanol–water partition coefficient (Wildman–Crippen LogP) is 18.9. The van der Waals surface area contributed by atoms with Crippen LogP contribution in [0.4, 0.5) is 17.1 Å². The van der Waals surface area contributed by atoms with E-state index in [0.29, 0.717) is 5.92 Å². The van der Waals surface area contributed by atoms with Crippen LogP contribution in [0, 0.1) is 0 Å². The molecule has 0 bridgehead atoms. The van der Waals surface area contributed by atoms with Crippen molar-refractivity contribution in [3.63, 3.8) is 0 Å². The molecule has 2 unspecified atom stereocenters. The fourth-order valence-corrected chi connectivity index (χ4v) is 12.3. The lowest BCUT2D eigenvalue weighted by molar-refractivity contribution is 0.481. The number of hydrogen-bond donors (Lipinski definition) is 0. The van der Waals surface area contributed by atoms with Gasteiger partial charge in [-0.1, -0.05) is 232 Å². The molecule has 0 heterocycles. The molecule has 2 nitrogen and oxygen atoms in total. The summed E-state index contributed by atoms with van der Waals surface area (Å²) in [7, 11) is 0. The third-order valence-corrected chi connectivity index (χ3v) is 16.0. The summed E-state index contributed by atoms with van der Waals surface area (Å²) in [5.74, 6) is 2.15. The van der Waals surface area contributed by atoms with Crippen LogP contribution in [-0.4, -0.2) is 0 Å². The van der Waals surface area contributed by atoms with E-state index >= 15 is 0 Å². The van der Waals surface area contributed by atoms with Crippen molar-refractivity contribution in [1.29, 1.82) is 0 Å². The van der Waals surface area contributed by atoms with Crippen LogP contribution in [-0.2, 0) is 10.8 Å². The molecule has 2 aliphatic rings. The van der Waals surface area contributed by atoms with Gasteiger partial charge in [-0.25, -0.2) is 0 Å². The molecule has 11 aromatic carbocycles. The van der Waals surface area contributed by atoms with Crippen LogP contribution in [0.1, 0.15) is 76.3 Å². The molecular formula is C72H55NO. The monoisotopic (exact) mass is 949 g/mol. The highest BCUT2D eigenvalue weighted by atomic mass is 16.5. The van der Waals surface area contributed by atoms with Crippen molar-refractivity contribution in [3.8, 4) is 44.9 Å². The summed E-state index contributed by atoms with van der Waals surface area (Å²) in [6.45, 7) is 4.51. The topological polar surface area (TPSA) is 12.5 Å². The van der Waals surface area contributed by atoms with Gasteiger partial charge in [-0.3, -0.25) is 0 Å². The average molecular weight is 950 g/mol. The van der Waals surface area contributed by atoms with E-state index in [0.717, 1.165) is 35.0 Å². The van der Waals surface area contributed by atoms with Crippen LogP contribution in [0.3, 0.4) is 0 Å². The Bertz CT molecular complexity index is 3740. The minimum Gasteiger partial charge on any atom is -0.457 e. The van der Waals surface area contributed by atoms with E-state index in [1.54, 1.807) is 0 Å². The predicted molar refractivity (Wildman–Crippen MR) is 306 cm³/mol. The van der Waals surface area contributed by atoms with E-state index in [1.807, 2.05) is 0 Å².